The number of carbonyl (C=O) groups is 1. The smallest absolute Gasteiger partial charge is 0.227 e. The van der Waals surface area contributed by atoms with Crippen molar-refractivity contribution < 1.29 is 9.53 Å². The number of nitrogen functional groups attached to an aromatic ring is 1. The zero-order valence-corrected chi connectivity index (χ0v) is 11.8. The van der Waals surface area contributed by atoms with Gasteiger partial charge in [-0.2, -0.15) is 0 Å². The van der Waals surface area contributed by atoms with Crippen LogP contribution < -0.4 is 5.73 Å². The molecule has 2 atom stereocenters. The molecule has 1 heterocycles. The Morgan fingerprint density at radius 1 is 1.37 bits per heavy atom. The Balaban J connectivity index is 2.06. The van der Waals surface area contributed by atoms with Crippen LogP contribution in [-0.4, -0.2) is 36.1 Å². The number of aryl methyl sites for hydroxylation is 1. The van der Waals surface area contributed by atoms with E-state index in [1.54, 1.807) is 0 Å². The predicted molar refractivity (Wildman–Crippen MR) is 75.9 cm³/mol. The van der Waals surface area contributed by atoms with Crippen LogP contribution in [0.4, 0.5) is 5.69 Å². The van der Waals surface area contributed by atoms with E-state index < -0.39 is 0 Å². The molecule has 2 N–H and O–H groups in total. The number of amides is 1. The molecule has 1 aromatic carbocycles. The highest BCUT2D eigenvalue weighted by Gasteiger charge is 2.25. The Kier molecular flexibility index (Phi) is 4.10. The van der Waals surface area contributed by atoms with E-state index in [4.69, 9.17) is 10.5 Å². The minimum atomic E-state index is 0.0996. The number of carbonyl (C=O) groups excluding carboxylic acids is 1. The Morgan fingerprint density at radius 3 is 2.63 bits per heavy atom. The fourth-order valence-electron chi connectivity index (χ4n) is 2.54. The van der Waals surface area contributed by atoms with Crippen LogP contribution in [0.3, 0.4) is 0 Å². The molecule has 0 bridgehead atoms. The zero-order chi connectivity index (χ0) is 14.0. The van der Waals surface area contributed by atoms with Gasteiger partial charge in [0.25, 0.3) is 0 Å². The summed E-state index contributed by atoms with van der Waals surface area (Å²) >= 11 is 0. The van der Waals surface area contributed by atoms with Crippen molar-refractivity contribution >= 4 is 11.6 Å². The highest BCUT2D eigenvalue weighted by molar-refractivity contribution is 5.80. The lowest BCUT2D eigenvalue weighted by Crippen LogP contribution is -2.48. The zero-order valence-electron chi connectivity index (χ0n) is 11.8. The number of nitrogens with two attached hydrogens (primary N) is 1. The molecule has 4 nitrogen and oxygen atoms in total. The molecular weight excluding hydrogens is 240 g/mol. The van der Waals surface area contributed by atoms with E-state index >= 15 is 0 Å². The van der Waals surface area contributed by atoms with E-state index in [-0.39, 0.29) is 18.1 Å². The fourth-order valence-corrected chi connectivity index (χ4v) is 2.54. The summed E-state index contributed by atoms with van der Waals surface area (Å²) in [5.41, 5.74) is 8.65. The van der Waals surface area contributed by atoms with Gasteiger partial charge < -0.3 is 15.4 Å². The van der Waals surface area contributed by atoms with Gasteiger partial charge in [0.05, 0.1) is 18.6 Å². The lowest BCUT2D eigenvalue weighted by atomic mass is 10.1. The summed E-state index contributed by atoms with van der Waals surface area (Å²) in [5.74, 6) is 0.124. The summed E-state index contributed by atoms with van der Waals surface area (Å²) in [7, 11) is 0. The number of anilines is 1. The first kappa shape index (κ1) is 13.9. The van der Waals surface area contributed by atoms with Crippen molar-refractivity contribution in [2.45, 2.75) is 39.4 Å². The van der Waals surface area contributed by atoms with Gasteiger partial charge in [0.2, 0.25) is 5.91 Å². The van der Waals surface area contributed by atoms with Gasteiger partial charge in [0, 0.05) is 18.8 Å². The third-order valence-corrected chi connectivity index (χ3v) is 3.41. The molecule has 0 radical (unpaired) electrons. The molecule has 1 aliphatic heterocycles. The number of rotatable bonds is 2. The van der Waals surface area contributed by atoms with Crippen LogP contribution in [0.5, 0.6) is 0 Å². The summed E-state index contributed by atoms with van der Waals surface area (Å²) in [6, 6.07) is 5.81. The van der Waals surface area contributed by atoms with E-state index in [9.17, 15) is 4.79 Å². The number of morpholine rings is 1. The summed E-state index contributed by atoms with van der Waals surface area (Å²) < 4.78 is 5.64. The van der Waals surface area contributed by atoms with Crippen LogP contribution in [0, 0.1) is 6.92 Å². The van der Waals surface area contributed by atoms with E-state index in [1.807, 2.05) is 43.9 Å². The molecule has 2 rings (SSSR count). The van der Waals surface area contributed by atoms with Gasteiger partial charge in [-0.3, -0.25) is 4.79 Å². The van der Waals surface area contributed by atoms with Gasteiger partial charge in [-0.25, -0.2) is 0 Å². The number of nitrogens with zero attached hydrogens (tertiary/aromatic N) is 1. The summed E-state index contributed by atoms with van der Waals surface area (Å²) in [6.07, 6.45) is 0.567. The summed E-state index contributed by atoms with van der Waals surface area (Å²) in [4.78, 5) is 14.2. The Bertz CT molecular complexity index is 463. The van der Waals surface area contributed by atoms with Crippen molar-refractivity contribution in [1.29, 1.82) is 0 Å². The maximum absolute atomic E-state index is 12.3. The lowest BCUT2D eigenvalue weighted by molar-refractivity contribution is -0.142. The molecule has 1 saturated heterocycles. The first-order valence-corrected chi connectivity index (χ1v) is 6.74. The van der Waals surface area contributed by atoms with Gasteiger partial charge in [-0.15, -0.1) is 0 Å². The molecule has 0 aliphatic carbocycles. The van der Waals surface area contributed by atoms with Crippen LogP contribution >= 0.6 is 0 Å². The van der Waals surface area contributed by atoms with Crippen molar-refractivity contribution in [2.75, 3.05) is 18.8 Å². The summed E-state index contributed by atoms with van der Waals surface area (Å²) in [6.45, 7) is 7.32. The van der Waals surface area contributed by atoms with E-state index in [0.717, 1.165) is 11.1 Å². The minimum Gasteiger partial charge on any atom is -0.398 e. The molecule has 1 aromatic rings. The number of ether oxygens (including phenoxy) is 1. The molecule has 1 aliphatic rings. The van der Waals surface area contributed by atoms with Crippen LogP contribution in [0.15, 0.2) is 18.2 Å². The third-order valence-electron chi connectivity index (χ3n) is 3.41. The maximum atomic E-state index is 12.3. The van der Waals surface area contributed by atoms with Crippen LogP contribution in [-0.2, 0) is 16.0 Å². The quantitative estimate of drug-likeness (QED) is 0.826. The van der Waals surface area contributed by atoms with Crippen molar-refractivity contribution in [3.63, 3.8) is 0 Å². The van der Waals surface area contributed by atoms with Crippen molar-refractivity contribution in [1.82, 2.24) is 4.90 Å². The molecule has 1 fully saturated rings. The Hall–Kier alpha value is -1.55. The number of hydrogen-bond acceptors (Lipinski definition) is 3. The normalized spacial score (nSPS) is 23.4. The van der Waals surface area contributed by atoms with Crippen molar-refractivity contribution in [3.8, 4) is 0 Å². The average Bonchev–Trinajstić information content (AvgIpc) is 2.32. The van der Waals surface area contributed by atoms with E-state index in [1.165, 1.54) is 0 Å². The Morgan fingerprint density at radius 2 is 2.00 bits per heavy atom. The van der Waals surface area contributed by atoms with Gasteiger partial charge in [0.15, 0.2) is 0 Å². The standard InChI is InChI=1S/C15H22N2O2/c1-10-4-5-14(16)13(6-10)7-15(18)17-8-11(2)19-12(3)9-17/h4-6,11-12H,7-9,16H2,1-3H3. The predicted octanol–water partition coefficient (Wildman–Crippen LogP) is 1.76. The molecule has 2 unspecified atom stereocenters. The molecule has 19 heavy (non-hydrogen) atoms. The van der Waals surface area contributed by atoms with Crippen LogP contribution in [0.25, 0.3) is 0 Å². The molecule has 1 amide bonds. The second kappa shape index (κ2) is 5.61. The second-order valence-electron chi connectivity index (χ2n) is 5.44. The average molecular weight is 262 g/mol. The maximum Gasteiger partial charge on any atom is 0.227 e. The van der Waals surface area contributed by atoms with Crippen molar-refractivity contribution in [3.05, 3.63) is 29.3 Å². The molecule has 0 saturated carbocycles. The second-order valence-corrected chi connectivity index (χ2v) is 5.44. The third kappa shape index (κ3) is 3.47. The number of hydrogen-bond donors (Lipinski definition) is 1. The topological polar surface area (TPSA) is 55.6 Å². The van der Waals surface area contributed by atoms with Gasteiger partial charge in [-0.1, -0.05) is 17.7 Å². The summed E-state index contributed by atoms with van der Waals surface area (Å²) in [5, 5.41) is 0. The highest BCUT2D eigenvalue weighted by Crippen LogP contribution is 2.17. The lowest BCUT2D eigenvalue weighted by Gasteiger charge is -2.35. The molecule has 4 heteroatoms. The molecule has 104 valence electrons. The van der Waals surface area contributed by atoms with E-state index in [0.29, 0.717) is 25.2 Å². The fraction of sp³-hybridized carbons (Fsp3) is 0.533. The first-order valence-electron chi connectivity index (χ1n) is 6.74. The minimum absolute atomic E-state index is 0.0996. The molecule has 0 aromatic heterocycles. The Labute approximate surface area is 114 Å². The van der Waals surface area contributed by atoms with E-state index in [2.05, 4.69) is 0 Å². The highest BCUT2D eigenvalue weighted by atomic mass is 16.5. The van der Waals surface area contributed by atoms with Crippen molar-refractivity contribution in [2.24, 2.45) is 0 Å². The largest absolute Gasteiger partial charge is 0.398 e. The first-order chi connectivity index (χ1) is 8.95. The molecular formula is C15H22N2O2. The van der Waals surface area contributed by atoms with Crippen LogP contribution in [0.2, 0.25) is 0 Å². The SMILES string of the molecule is Cc1ccc(N)c(CC(=O)N2CC(C)OC(C)C2)c1. The number of benzene rings is 1. The molecule has 0 spiro atoms. The van der Waals surface area contributed by atoms with Gasteiger partial charge in [0.1, 0.15) is 0 Å². The van der Waals surface area contributed by atoms with Crippen LogP contribution in [0.1, 0.15) is 25.0 Å². The van der Waals surface area contributed by atoms with Gasteiger partial charge in [-0.05, 0) is 32.4 Å². The van der Waals surface area contributed by atoms with Gasteiger partial charge >= 0.3 is 0 Å². The monoisotopic (exact) mass is 262 g/mol.